The van der Waals surface area contributed by atoms with Crippen molar-refractivity contribution in [3.8, 4) is 16.9 Å². The summed E-state index contributed by atoms with van der Waals surface area (Å²) in [7, 11) is 0. The Hall–Kier alpha value is -4.81. The molecule has 208 valence electrons. The molecule has 0 radical (unpaired) electrons. The van der Waals surface area contributed by atoms with Crippen molar-refractivity contribution in [3.63, 3.8) is 0 Å². The van der Waals surface area contributed by atoms with Crippen LogP contribution in [-0.4, -0.2) is 52.5 Å². The van der Waals surface area contributed by atoms with Crippen LogP contribution in [0.1, 0.15) is 31.2 Å². The van der Waals surface area contributed by atoms with Crippen LogP contribution in [-0.2, 0) is 6.54 Å². The van der Waals surface area contributed by atoms with Crippen LogP contribution in [0.15, 0.2) is 67.4 Å². The van der Waals surface area contributed by atoms with Crippen LogP contribution in [0.4, 0.5) is 30.8 Å². The molecule has 2 fully saturated rings. The smallest absolute Gasteiger partial charge is 0.367 e. The molecule has 1 aromatic carbocycles. The molecule has 13 heteroatoms. The molecule has 0 aliphatic heterocycles. The number of alkyl halides is 3. The van der Waals surface area contributed by atoms with Gasteiger partial charge in [-0.05, 0) is 67.6 Å². The Labute approximate surface area is 232 Å². The maximum absolute atomic E-state index is 13.9. The minimum atomic E-state index is -4.43. The molecule has 4 aromatic heterocycles. The van der Waals surface area contributed by atoms with Crippen LogP contribution >= 0.6 is 0 Å². The minimum Gasteiger partial charge on any atom is -0.367 e. The van der Waals surface area contributed by atoms with Crippen LogP contribution in [0, 0.1) is 0 Å². The van der Waals surface area contributed by atoms with E-state index in [9.17, 15) is 13.2 Å². The van der Waals surface area contributed by atoms with Crippen molar-refractivity contribution >= 4 is 28.6 Å². The number of rotatable bonds is 9. The van der Waals surface area contributed by atoms with E-state index in [0.29, 0.717) is 23.8 Å². The van der Waals surface area contributed by atoms with E-state index in [0.717, 1.165) is 35.5 Å². The SMILES string of the molecule is FC(F)(F)C1(Nc2nc(NCc3cccc(-n4cncn4)c3)nc3ccc(-c4ccc(NC5CC5)nc4)nc23)CC1. The molecule has 4 heterocycles. The van der Waals surface area contributed by atoms with Crippen molar-refractivity contribution in [2.24, 2.45) is 0 Å². The summed E-state index contributed by atoms with van der Waals surface area (Å²) < 4.78 is 43.4. The zero-order chi connectivity index (χ0) is 28.0. The summed E-state index contributed by atoms with van der Waals surface area (Å²) in [4.78, 5) is 22.1. The lowest BCUT2D eigenvalue weighted by molar-refractivity contribution is -0.151. The van der Waals surface area contributed by atoms with Gasteiger partial charge in [0.15, 0.2) is 5.82 Å². The Morgan fingerprint density at radius 2 is 1.88 bits per heavy atom. The van der Waals surface area contributed by atoms with Gasteiger partial charge in [-0.15, -0.1) is 0 Å². The molecule has 0 unspecified atom stereocenters. The lowest BCUT2D eigenvalue weighted by Gasteiger charge is -2.22. The molecule has 2 aliphatic carbocycles. The lowest BCUT2D eigenvalue weighted by atomic mass is 10.1. The fraction of sp³-hybridized carbons (Fsp3) is 0.286. The van der Waals surface area contributed by atoms with E-state index in [4.69, 9.17) is 0 Å². The molecule has 0 saturated heterocycles. The zero-order valence-corrected chi connectivity index (χ0v) is 21.7. The van der Waals surface area contributed by atoms with Crippen LogP contribution < -0.4 is 16.0 Å². The normalized spacial score (nSPS) is 16.0. The number of hydrogen-bond acceptors (Lipinski definition) is 9. The van der Waals surface area contributed by atoms with Gasteiger partial charge in [-0.3, -0.25) is 0 Å². The third-order valence-corrected chi connectivity index (χ3v) is 7.23. The van der Waals surface area contributed by atoms with Crippen molar-refractivity contribution in [2.75, 3.05) is 16.0 Å². The summed E-state index contributed by atoms with van der Waals surface area (Å²) in [6.45, 7) is 0.344. The third-order valence-electron chi connectivity index (χ3n) is 7.23. The molecule has 41 heavy (non-hydrogen) atoms. The Kier molecular flexibility index (Phi) is 5.94. The number of benzene rings is 1. The van der Waals surface area contributed by atoms with Crippen LogP contribution in [0.2, 0.25) is 0 Å². The van der Waals surface area contributed by atoms with Gasteiger partial charge in [0.05, 0.1) is 16.9 Å². The standard InChI is InChI=1S/C28H25F3N10/c29-28(30,31)27(10-11-27)40-25-24-22(8-7-21(37-24)18-4-9-23(33-14-18)36-19-5-6-19)38-26(39-25)34-13-17-2-1-3-20(12-17)41-16-32-15-35-41/h1-4,7-9,12,14-16,19H,5-6,10-11,13H2,(H,33,36)(H2,34,38,39,40). The first-order valence-electron chi connectivity index (χ1n) is 13.3. The molecule has 3 N–H and O–H groups in total. The number of hydrogen-bond donors (Lipinski definition) is 3. The number of pyridine rings is 2. The van der Waals surface area contributed by atoms with Crippen molar-refractivity contribution in [3.05, 3.63) is 72.9 Å². The summed E-state index contributed by atoms with van der Waals surface area (Å²) in [6.07, 6.45) is 2.54. The molecule has 2 aliphatic rings. The maximum Gasteiger partial charge on any atom is 0.411 e. The second-order valence-corrected chi connectivity index (χ2v) is 10.4. The number of nitrogens with zero attached hydrogens (tertiary/aromatic N) is 7. The zero-order valence-electron chi connectivity index (χ0n) is 21.7. The van der Waals surface area contributed by atoms with Crippen LogP contribution in [0.5, 0.6) is 0 Å². The lowest BCUT2D eigenvalue weighted by Crippen LogP contribution is -2.39. The molecular weight excluding hydrogens is 533 g/mol. The van der Waals surface area contributed by atoms with Crippen molar-refractivity contribution in [2.45, 2.75) is 50.0 Å². The molecule has 5 aromatic rings. The maximum atomic E-state index is 13.9. The monoisotopic (exact) mass is 558 g/mol. The highest BCUT2D eigenvalue weighted by atomic mass is 19.4. The summed E-state index contributed by atoms with van der Waals surface area (Å²) in [6, 6.07) is 15.4. The average molecular weight is 559 g/mol. The number of anilines is 3. The predicted octanol–water partition coefficient (Wildman–Crippen LogP) is 5.36. The van der Waals surface area contributed by atoms with Crippen molar-refractivity contribution in [1.29, 1.82) is 0 Å². The third kappa shape index (κ3) is 5.22. The molecule has 10 nitrogen and oxygen atoms in total. The Balaban J connectivity index is 1.20. The first-order chi connectivity index (χ1) is 19.9. The summed E-state index contributed by atoms with van der Waals surface area (Å²) in [5.74, 6) is 1.01. The average Bonchev–Trinajstić information content (AvgIpc) is 3.90. The highest BCUT2D eigenvalue weighted by molar-refractivity contribution is 5.88. The fourth-order valence-electron chi connectivity index (χ4n) is 4.57. The Morgan fingerprint density at radius 1 is 1.00 bits per heavy atom. The topological polar surface area (TPSA) is 118 Å². The van der Waals surface area contributed by atoms with Gasteiger partial charge in [-0.1, -0.05) is 12.1 Å². The van der Waals surface area contributed by atoms with Gasteiger partial charge in [0.25, 0.3) is 0 Å². The van der Waals surface area contributed by atoms with E-state index in [1.54, 1.807) is 29.3 Å². The molecule has 0 bridgehead atoms. The van der Waals surface area contributed by atoms with E-state index in [2.05, 4.69) is 46.0 Å². The van der Waals surface area contributed by atoms with Crippen molar-refractivity contribution in [1.82, 2.24) is 34.7 Å². The molecule has 0 atom stereocenters. The number of halogens is 3. The largest absolute Gasteiger partial charge is 0.411 e. The number of nitrogens with one attached hydrogen (secondary N) is 3. The van der Waals surface area contributed by atoms with Gasteiger partial charge < -0.3 is 16.0 Å². The molecule has 2 saturated carbocycles. The fourth-order valence-corrected chi connectivity index (χ4v) is 4.57. The predicted molar refractivity (Wildman–Crippen MR) is 148 cm³/mol. The van der Waals surface area contributed by atoms with E-state index in [-0.39, 0.29) is 30.1 Å². The van der Waals surface area contributed by atoms with Gasteiger partial charge >= 0.3 is 6.18 Å². The molecule has 7 rings (SSSR count). The van der Waals surface area contributed by atoms with Gasteiger partial charge in [-0.2, -0.15) is 23.3 Å². The van der Waals surface area contributed by atoms with Crippen LogP contribution in [0.3, 0.4) is 0 Å². The van der Waals surface area contributed by atoms with Crippen LogP contribution in [0.25, 0.3) is 28.0 Å². The number of fused-ring (bicyclic) bond motifs is 1. The Morgan fingerprint density at radius 3 is 2.59 bits per heavy atom. The second-order valence-electron chi connectivity index (χ2n) is 10.4. The minimum absolute atomic E-state index is 0.0289. The van der Waals surface area contributed by atoms with Gasteiger partial charge in [-0.25, -0.2) is 24.6 Å². The van der Waals surface area contributed by atoms with E-state index in [1.165, 1.54) is 6.33 Å². The second kappa shape index (κ2) is 9.68. The molecular formula is C28H25F3N10. The molecule has 0 amide bonds. The van der Waals surface area contributed by atoms with Gasteiger partial charge in [0.2, 0.25) is 5.95 Å². The Bertz CT molecular complexity index is 1700. The van der Waals surface area contributed by atoms with E-state index < -0.39 is 11.7 Å². The van der Waals surface area contributed by atoms with E-state index in [1.807, 2.05) is 36.4 Å². The van der Waals surface area contributed by atoms with Crippen molar-refractivity contribution < 1.29 is 13.2 Å². The van der Waals surface area contributed by atoms with Gasteiger partial charge in [0, 0.05) is 24.3 Å². The quantitative estimate of drug-likeness (QED) is 0.220. The summed E-state index contributed by atoms with van der Waals surface area (Å²) in [5.41, 5.74) is 1.70. The van der Waals surface area contributed by atoms with E-state index >= 15 is 0 Å². The van der Waals surface area contributed by atoms with Gasteiger partial charge in [0.1, 0.15) is 29.5 Å². The highest BCUT2D eigenvalue weighted by Gasteiger charge is 2.64. The summed E-state index contributed by atoms with van der Waals surface area (Å²) >= 11 is 0. The first kappa shape index (κ1) is 25.2. The first-order valence-corrected chi connectivity index (χ1v) is 13.3. The number of aromatic nitrogens is 7. The molecule has 0 spiro atoms. The summed E-state index contributed by atoms with van der Waals surface area (Å²) in [5, 5.41) is 13.3. The highest BCUT2D eigenvalue weighted by Crippen LogP contribution is 2.51.